The van der Waals surface area contributed by atoms with E-state index in [0.29, 0.717) is 23.4 Å². The summed E-state index contributed by atoms with van der Waals surface area (Å²) in [6.45, 7) is 5.62. The normalized spacial score (nSPS) is 11.8. The third kappa shape index (κ3) is 3.39. The van der Waals surface area contributed by atoms with E-state index < -0.39 is 5.54 Å². The number of nitrogens with one attached hydrogen (secondary N) is 1. The number of aliphatic hydroxyl groups excluding tert-OH is 2. The number of pyridine rings is 1. The van der Waals surface area contributed by atoms with Gasteiger partial charge in [-0.15, -0.1) is 0 Å². The molecule has 0 unspecified atom stereocenters. The molecule has 0 aliphatic heterocycles. The predicted molar refractivity (Wildman–Crippen MR) is 64.6 cm³/mol. The van der Waals surface area contributed by atoms with Crippen molar-refractivity contribution in [2.45, 2.75) is 39.5 Å². The zero-order valence-electron chi connectivity index (χ0n) is 10.5. The minimum absolute atomic E-state index is 0.00765. The molecule has 0 saturated carbocycles. The second-order valence-corrected chi connectivity index (χ2v) is 4.75. The standard InChI is InChI=1S/C12H20N2O3/c1-8-11(17)10(9(6-15)4-13-8)5-14-12(2,3)7-16/h4,14-17H,5-7H2,1-3H3. The summed E-state index contributed by atoms with van der Waals surface area (Å²) in [5.74, 6) is 0.0952. The third-order valence-electron chi connectivity index (χ3n) is 2.74. The Labute approximate surface area is 101 Å². The molecular formula is C12H20N2O3. The highest BCUT2D eigenvalue weighted by atomic mass is 16.3. The lowest BCUT2D eigenvalue weighted by molar-refractivity contribution is 0.186. The fourth-order valence-electron chi connectivity index (χ4n) is 1.40. The molecule has 0 atom stereocenters. The number of aromatic nitrogens is 1. The summed E-state index contributed by atoms with van der Waals surface area (Å²) in [6, 6.07) is 0. The predicted octanol–water partition coefficient (Wildman–Crippen LogP) is 0.448. The molecule has 1 heterocycles. The zero-order chi connectivity index (χ0) is 13.1. The smallest absolute Gasteiger partial charge is 0.141 e. The lowest BCUT2D eigenvalue weighted by atomic mass is 10.0. The van der Waals surface area contributed by atoms with Gasteiger partial charge in [0.05, 0.1) is 18.9 Å². The largest absolute Gasteiger partial charge is 0.506 e. The van der Waals surface area contributed by atoms with E-state index in [9.17, 15) is 10.2 Å². The Morgan fingerprint density at radius 1 is 1.35 bits per heavy atom. The number of nitrogens with zero attached hydrogens (tertiary/aromatic N) is 1. The van der Waals surface area contributed by atoms with Crippen molar-refractivity contribution in [2.24, 2.45) is 0 Å². The van der Waals surface area contributed by atoms with E-state index in [1.54, 1.807) is 13.1 Å². The highest BCUT2D eigenvalue weighted by molar-refractivity contribution is 5.40. The second-order valence-electron chi connectivity index (χ2n) is 4.75. The van der Waals surface area contributed by atoms with Crippen molar-refractivity contribution < 1.29 is 15.3 Å². The molecule has 1 aromatic heterocycles. The Balaban J connectivity index is 2.93. The van der Waals surface area contributed by atoms with E-state index in [0.717, 1.165) is 0 Å². The molecule has 0 aliphatic carbocycles. The molecule has 0 amide bonds. The molecule has 5 heteroatoms. The molecular weight excluding hydrogens is 220 g/mol. The first kappa shape index (κ1) is 13.9. The van der Waals surface area contributed by atoms with Crippen LogP contribution in [-0.2, 0) is 13.2 Å². The van der Waals surface area contributed by atoms with Gasteiger partial charge in [0.15, 0.2) is 0 Å². The quantitative estimate of drug-likeness (QED) is 0.600. The minimum atomic E-state index is -0.434. The van der Waals surface area contributed by atoms with Gasteiger partial charge in [0.2, 0.25) is 0 Å². The minimum Gasteiger partial charge on any atom is -0.506 e. The molecule has 0 radical (unpaired) electrons. The zero-order valence-corrected chi connectivity index (χ0v) is 10.5. The van der Waals surface area contributed by atoms with Crippen LogP contribution in [0.1, 0.15) is 30.7 Å². The van der Waals surface area contributed by atoms with Gasteiger partial charge in [-0.3, -0.25) is 4.98 Å². The summed E-state index contributed by atoms with van der Waals surface area (Å²) < 4.78 is 0. The fourth-order valence-corrected chi connectivity index (χ4v) is 1.40. The molecule has 0 saturated heterocycles. The van der Waals surface area contributed by atoms with Crippen LogP contribution in [0.5, 0.6) is 5.75 Å². The Morgan fingerprint density at radius 3 is 2.53 bits per heavy atom. The number of hydrogen-bond acceptors (Lipinski definition) is 5. The SMILES string of the molecule is Cc1ncc(CO)c(CNC(C)(C)CO)c1O. The summed E-state index contributed by atoms with van der Waals surface area (Å²) >= 11 is 0. The van der Waals surface area contributed by atoms with Crippen LogP contribution in [0.15, 0.2) is 6.20 Å². The second kappa shape index (κ2) is 5.44. The maximum Gasteiger partial charge on any atom is 0.141 e. The molecule has 0 fully saturated rings. The van der Waals surface area contributed by atoms with Crippen LogP contribution in [0.2, 0.25) is 0 Å². The van der Waals surface area contributed by atoms with E-state index in [-0.39, 0.29) is 19.0 Å². The van der Waals surface area contributed by atoms with Crippen LogP contribution >= 0.6 is 0 Å². The van der Waals surface area contributed by atoms with E-state index >= 15 is 0 Å². The summed E-state index contributed by atoms with van der Waals surface area (Å²) in [6.07, 6.45) is 1.55. The molecule has 17 heavy (non-hydrogen) atoms. The van der Waals surface area contributed by atoms with Gasteiger partial charge in [0.1, 0.15) is 5.75 Å². The third-order valence-corrected chi connectivity index (χ3v) is 2.74. The van der Waals surface area contributed by atoms with Gasteiger partial charge >= 0.3 is 0 Å². The first-order valence-corrected chi connectivity index (χ1v) is 5.54. The van der Waals surface area contributed by atoms with Crippen LogP contribution in [-0.4, -0.2) is 32.4 Å². The van der Waals surface area contributed by atoms with Crippen LogP contribution in [0, 0.1) is 6.92 Å². The van der Waals surface area contributed by atoms with Gasteiger partial charge in [-0.2, -0.15) is 0 Å². The Morgan fingerprint density at radius 2 is 2.00 bits per heavy atom. The van der Waals surface area contributed by atoms with Gasteiger partial charge in [-0.05, 0) is 20.8 Å². The van der Waals surface area contributed by atoms with Gasteiger partial charge in [0.25, 0.3) is 0 Å². The monoisotopic (exact) mass is 240 g/mol. The van der Waals surface area contributed by atoms with Crippen molar-refractivity contribution in [3.8, 4) is 5.75 Å². The van der Waals surface area contributed by atoms with E-state index in [1.807, 2.05) is 13.8 Å². The Kier molecular flexibility index (Phi) is 4.45. The number of hydrogen-bond donors (Lipinski definition) is 4. The van der Waals surface area contributed by atoms with Crippen LogP contribution in [0.25, 0.3) is 0 Å². The average molecular weight is 240 g/mol. The summed E-state index contributed by atoms with van der Waals surface area (Å²) in [5, 5.41) is 31.3. The summed E-state index contributed by atoms with van der Waals surface area (Å²) in [7, 11) is 0. The number of aliphatic hydroxyl groups is 2. The number of aromatic hydroxyl groups is 1. The van der Waals surface area contributed by atoms with Crippen molar-refractivity contribution in [1.29, 1.82) is 0 Å². The van der Waals surface area contributed by atoms with Gasteiger partial charge < -0.3 is 20.6 Å². The summed E-state index contributed by atoms with van der Waals surface area (Å²) in [4.78, 5) is 3.99. The van der Waals surface area contributed by atoms with E-state index in [1.165, 1.54) is 0 Å². The molecule has 1 aromatic rings. The van der Waals surface area contributed by atoms with Crippen LogP contribution in [0.4, 0.5) is 0 Å². The van der Waals surface area contributed by atoms with Gasteiger partial charge in [-0.1, -0.05) is 0 Å². The molecule has 4 N–H and O–H groups in total. The van der Waals surface area contributed by atoms with Gasteiger partial charge in [-0.25, -0.2) is 0 Å². The van der Waals surface area contributed by atoms with Crippen molar-refractivity contribution in [3.05, 3.63) is 23.0 Å². The molecule has 5 nitrogen and oxygen atoms in total. The Hall–Kier alpha value is -1.17. The van der Waals surface area contributed by atoms with E-state index in [4.69, 9.17) is 5.11 Å². The first-order chi connectivity index (χ1) is 7.91. The lowest BCUT2D eigenvalue weighted by Gasteiger charge is -2.24. The lowest BCUT2D eigenvalue weighted by Crippen LogP contribution is -2.42. The maximum absolute atomic E-state index is 9.90. The van der Waals surface area contributed by atoms with Crippen LogP contribution in [0.3, 0.4) is 0 Å². The molecule has 96 valence electrons. The highest BCUT2D eigenvalue weighted by Gasteiger charge is 2.18. The Bertz CT molecular complexity index is 392. The van der Waals surface area contributed by atoms with Crippen molar-refractivity contribution in [1.82, 2.24) is 10.3 Å². The van der Waals surface area contributed by atoms with E-state index in [2.05, 4.69) is 10.3 Å². The maximum atomic E-state index is 9.90. The van der Waals surface area contributed by atoms with Crippen LogP contribution < -0.4 is 5.32 Å². The van der Waals surface area contributed by atoms with Crippen molar-refractivity contribution >= 4 is 0 Å². The van der Waals surface area contributed by atoms with Crippen molar-refractivity contribution in [2.75, 3.05) is 6.61 Å². The average Bonchev–Trinajstić information content (AvgIpc) is 2.31. The first-order valence-electron chi connectivity index (χ1n) is 5.54. The molecule has 1 rings (SSSR count). The number of rotatable bonds is 5. The molecule has 0 aliphatic rings. The number of aryl methyl sites for hydroxylation is 1. The van der Waals surface area contributed by atoms with Gasteiger partial charge in [0, 0.05) is 29.4 Å². The molecule has 0 bridgehead atoms. The topological polar surface area (TPSA) is 85.6 Å². The van der Waals surface area contributed by atoms with Crippen molar-refractivity contribution in [3.63, 3.8) is 0 Å². The highest BCUT2D eigenvalue weighted by Crippen LogP contribution is 2.24. The summed E-state index contributed by atoms with van der Waals surface area (Å²) in [5.41, 5.74) is 1.31. The molecule has 0 aromatic carbocycles. The molecule has 0 spiro atoms. The fraction of sp³-hybridized carbons (Fsp3) is 0.583.